The Morgan fingerprint density at radius 2 is 1.69 bits per heavy atom. The van der Waals surface area contributed by atoms with Crippen LogP contribution in [0, 0.1) is 0 Å². The first kappa shape index (κ1) is 20.9. The lowest BCUT2D eigenvalue weighted by atomic mass is 10.1. The van der Waals surface area contributed by atoms with Crippen molar-refractivity contribution < 1.29 is 19.0 Å². The van der Waals surface area contributed by atoms with Crippen LogP contribution in [0.4, 0.5) is 5.69 Å². The lowest BCUT2D eigenvalue weighted by Gasteiger charge is -2.13. The van der Waals surface area contributed by atoms with Gasteiger partial charge in [0.2, 0.25) is 0 Å². The van der Waals surface area contributed by atoms with Gasteiger partial charge in [0.25, 0.3) is 11.5 Å². The number of aromatic amines is 1. The van der Waals surface area contributed by atoms with Crippen LogP contribution in [0.2, 0.25) is 0 Å². The highest BCUT2D eigenvalue weighted by atomic mass is 16.5. The Bertz CT molecular complexity index is 1330. The van der Waals surface area contributed by atoms with Crippen molar-refractivity contribution in [2.45, 2.75) is 0 Å². The van der Waals surface area contributed by atoms with Gasteiger partial charge < -0.3 is 24.5 Å². The first-order valence-electron chi connectivity index (χ1n) is 9.82. The van der Waals surface area contributed by atoms with Gasteiger partial charge in [-0.3, -0.25) is 9.59 Å². The van der Waals surface area contributed by atoms with Gasteiger partial charge in [-0.1, -0.05) is 24.3 Å². The fourth-order valence-electron chi connectivity index (χ4n) is 3.24. The van der Waals surface area contributed by atoms with Crippen LogP contribution >= 0.6 is 0 Å². The molecule has 0 saturated carbocycles. The summed E-state index contributed by atoms with van der Waals surface area (Å²) in [5, 5.41) is 3.26. The number of rotatable bonds is 7. The Hall–Kier alpha value is -4.33. The minimum absolute atomic E-state index is 0.236. The van der Waals surface area contributed by atoms with Gasteiger partial charge in [0, 0.05) is 5.56 Å². The van der Waals surface area contributed by atoms with Crippen LogP contribution in [0.1, 0.15) is 0 Å². The molecule has 0 aliphatic carbocycles. The van der Waals surface area contributed by atoms with Crippen molar-refractivity contribution in [3.05, 3.63) is 77.1 Å². The van der Waals surface area contributed by atoms with Gasteiger partial charge in [0.1, 0.15) is 11.6 Å². The summed E-state index contributed by atoms with van der Waals surface area (Å²) in [5.41, 5.74) is 1.51. The average Bonchev–Trinajstić information content (AvgIpc) is 2.83. The molecule has 32 heavy (non-hydrogen) atoms. The Labute approximate surface area is 183 Å². The molecule has 0 spiro atoms. The number of anilines is 1. The fraction of sp³-hybridized carbons (Fsp3) is 0.125. The molecule has 0 atom stereocenters. The van der Waals surface area contributed by atoms with Crippen LogP contribution in [0.3, 0.4) is 0 Å². The second-order valence-corrected chi connectivity index (χ2v) is 6.83. The standard InChI is InChI=1S/C24H21N3O5/c1-30-19-10-6-5-9-18(19)25-22(28)14-32-21-13-15(11-12-20(21)31-2)23-26-17-8-4-3-7-16(17)24(29)27-23/h3-13H,14H2,1-2H3,(H,25,28)(H,26,27,29). The van der Waals surface area contributed by atoms with E-state index in [-0.39, 0.29) is 18.1 Å². The van der Waals surface area contributed by atoms with Crippen molar-refractivity contribution in [3.8, 4) is 28.6 Å². The molecule has 1 amide bonds. The van der Waals surface area contributed by atoms with Gasteiger partial charge >= 0.3 is 0 Å². The highest BCUT2D eigenvalue weighted by Crippen LogP contribution is 2.31. The molecule has 0 aliphatic rings. The predicted molar refractivity (Wildman–Crippen MR) is 121 cm³/mol. The normalized spacial score (nSPS) is 10.6. The molecule has 1 aromatic heterocycles. The predicted octanol–water partition coefficient (Wildman–Crippen LogP) is 3.62. The maximum absolute atomic E-state index is 12.4. The number of ether oxygens (including phenoxy) is 3. The van der Waals surface area contributed by atoms with Crippen molar-refractivity contribution in [3.63, 3.8) is 0 Å². The molecular weight excluding hydrogens is 410 g/mol. The summed E-state index contributed by atoms with van der Waals surface area (Å²) in [7, 11) is 3.04. The average molecular weight is 431 g/mol. The molecule has 162 valence electrons. The van der Waals surface area contributed by atoms with Crippen LogP contribution in [0.25, 0.3) is 22.3 Å². The highest BCUT2D eigenvalue weighted by Gasteiger charge is 2.13. The zero-order chi connectivity index (χ0) is 22.5. The number of nitrogens with zero attached hydrogens (tertiary/aromatic N) is 1. The number of aromatic nitrogens is 2. The smallest absolute Gasteiger partial charge is 0.262 e. The molecule has 8 nitrogen and oxygen atoms in total. The molecule has 4 aromatic rings. The molecule has 0 bridgehead atoms. The summed E-state index contributed by atoms with van der Waals surface area (Å²) in [6.45, 7) is -0.250. The zero-order valence-electron chi connectivity index (χ0n) is 17.5. The van der Waals surface area contributed by atoms with E-state index in [1.807, 2.05) is 12.1 Å². The quantitative estimate of drug-likeness (QED) is 0.463. The maximum atomic E-state index is 12.4. The van der Waals surface area contributed by atoms with Crippen molar-refractivity contribution >= 4 is 22.5 Å². The maximum Gasteiger partial charge on any atom is 0.262 e. The lowest BCUT2D eigenvalue weighted by molar-refractivity contribution is -0.118. The van der Waals surface area contributed by atoms with Gasteiger partial charge in [-0.2, -0.15) is 0 Å². The molecule has 0 fully saturated rings. The number of hydrogen-bond donors (Lipinski definition) is 2. The summed E-state index contributed by atoms with van der Waals surface area (Å²) >= 11 is 0. The molecular formula is C24H21N3O5. The largest absolute Gasteiger partial charge is 0.495 e. The minimum Gasteiger partial charge on any atom is -0.495 e. The van der Waals surface area contributed by atoms with E-state index < -0.39 is 0 Å². The van der Waals surface area contributed by atoms with Gasteiger partial charge in [-0.15, -0.1) is 0 Å². The number of amides is 1. The van der Waals surface area contributed by atoms with Crippen molar-refractivity contribution in [2.75, 3.05) is 26.1 Å². The van der Waals surface area contributed by atoms with E-state index in [2.05, 4.69) is 15.3 Å². The number of para-hydroxylation sites is 3. The van der Waals surface area contributed by atoms with E-state index in [1.165, 1.54) is 14.2 Å². The van der Waals surface area contributed by atoms with E-state index in [4.69, 9.17) is 14.2 Å². The zero-order valence-corrected chi connectivity index (χ0v) is 17.5. The Kier molecular flexibility index (Phi) is 6.03. The van der Waals surface area contributed by atoms with Crippen molar-refractivity contribution in [1.82, 2.24) is 9.97 Å². The number of methoxy groups -OCH3 is 2. The lowest BCUT2D eigenvalue weighted by Crippen LogP contribution is -2.20. The summed E-state index contributed by atoms with van der Waals surface area (Å²) in [5.74, 6) is 1.36. The van der Waals surface area contributed by atoms with Gasteiger partial charge in [0.15, 0.2) is 18.1 Å². The first-order valence-corrected chi connectivity index (χ1v) is 9.82. The molecule has 3 aromatic carbocycles. The van der Waals surface area contributed by atoms with E-state index in [1.54, 1.807) is 54.6 Å². The number of benzene rings is 3. The van der Waals surface area contributed by atoms with E-state index in [9.17, 15) is 9.59 Å². The van der Waals surface area contributed by atoms with E-state index in [0.717, 1.165) is 0 Å². The number of hydrogen-bond acceptors (Lipinski definition) is 6. The first-order chi connectivity index (χ1) is 15.6. The SMILES string of the molecule is COc1ccccc1NC(=O)COc1cc(-c2nc3ccccc3c(=O)[nH]2)ccc1OC. The molecule has 8 heteroatoms. The summed E-state index contributed by atoms with van der Waals surface area (Å²) in [6, 6.07) is 19.3. The molecule has 2 N–H and O–H groups in total. The molecule has 0 aliphatic heterocycles. The molecule has 0 radical (unpaired) electrons. The van der Waals surface area contributed by atoms with Crippen LogP contribution in [-0.4, -0.2) is 36.7 Å². The Balaban J connectivity index is 1.56. The summed E-state index contributed by atoms with van der Waals surface area (Å²) < 4.78 is 16.3. The monoisotopic (exact) mass is 431 g/mol. The van der Waals surface area contributed by atoms with Crippen LogP contribution < -0.4 is 25.1 Å². The van der Waals surface area contributed by atoms with E-state index in [0.29, 0.717) is 45.2 Å². The number of H-pyrrole nitrogens is 1. The topological polar surface area (TPSA) is 103 Å². The number of fused-ring (bicyclic) bond motifs is 1. The van der Waals surface area contributed by atoms with Gasteiger partial charge in [-0.05, 0) is 42.5 Å². The molecule has 0 unspecified atom stereocenters. The summed E-state index contributed by atoms with van der Waals surface area (Å²) in [4.78, 5) is 32.1. The third-order valence-corrected chi connectivity index (χ3v) is 4.79. The second kappa shape index (κ2) is 9.22. The molecule has 1 heterocycles. The van der Waals surface area contributed by atoms with Crippen molar-refractivity contribution in [1.29, 1.82) is 0 Å². The highest BCUT2D eigenvalue weighted by molar-refractivity contribution is 5.93. The van der Waals surface area contributed by atoms with Crippen LogP contribution in [0.15, 0.2) is 71.5 Å². The Morgan fingerprint density at radius 3 is 2.50 bits per heavy atom. The molecule has 4 rings (SSSR count). The molecule has 0 saturated heterocycles. The van der Waals surface area contributed by atoms with Crippen LogP contribution in [-0.2, 0) is 4.79 Å². The summed E-state index contributed by atoms with van der Waals surface area (Å²) in [6.07, 6.45) is 0. The second-order valence-electron chi connectivity index (χ2n) is 6.83. The third-order valence-electron chi connectivity index (χ3n) is 4.79. The fourth-order valence-corrected chi connectivity index (χ4v) is 3.24. The number of carbonyl (C=O) groups excluding carboxylic acids is 1. The van der Waals surface area contributed by atoms with Gasteiger partial charge in [0.05, 0.1) is 30.8 Å². The minimum atomic E-state index is -0.362. The number of nitrogens with one attached hydrogen (secondary N) is 2. The van der Waals surface area contributed by atoms with Crippen LogP contribution in [0.5, 0.6) is 17.2 Å². The Morgan fingerprint density at radius 1 is 0.938 bits per heavy atom. The van der Waals surface area contributed by atoms with Gasteiger partial charge in [-0.25, -0.2) is 4.98 Å². The van der Waals surface area contributed by atoms with E-state index >= 15 is 0 Å². The number of carbonyl (C=O) groups is 1. The third kappa shape index (κ3) is 4.39. The van der Waals surface area contributed by atoms with Crippen molar-refractivity contribution in [2.24, 2.45) is 0 Å².